The summed E-state index contributed by atoms with van der Waals surface area (Å²) in [5.41, 5.74) is 0.426. The van der Waals surface area contributed by atoms with Gasteiger partial charge in [-0.05, 0) is 31.4 Å². The second-order valence-corrected chi connectivity index (χ2v) is 7.70. The fourth-order valence-corrected chi connectivity index (χ4v) is 4.73. The number of hydrogen-bond acceptors (Lipinski definition) is 2. The van der Waals surface area contributed by atoms with Gasteiger partial charge in [-0.25, -0.2) is 8.78 Å². The van der Waals surface area contributed by atoms with E-state index in [9.17, 15) is 18.4 Å². The Morgan fingerprint density at radius 1 is 1.00 bits per heavy atom. The molecule has 0 radical (unpaired) electrons. The lowest BCUT2D eigenvalue weighted by Crippen LogP contribution is -2.60. The zero-order valence-electron chi connectivity index (χ0n) is 14.1. The predicted octanol–water partition coefficient (Wildman–Crippen LogP) is 2.80. The number of amides is 2. The van der Waals surface area contributed by atoms with E-state index in [0.29, 0.717) is 18.7 Å². The van der Waals surface area contributed by atoms with E-state index < -0.39 is 19.0 Å². The van der Waals surface area contributed by atoms with Gasteiger partial charge in [-0.3, -0.25) is 9.59 Å². The van der Waals surface area contributed by atoms with Crippen LogP contribution in [0.3, 0.4) is 0 Å². The highest BCUT2D eigenvalue weighted by Gasteiger charge is 2.55. The Morgan fingerprint density at radius 3 is 2.40 bits per heavy atom. The Bertz CT molecular complexity index is 686. The Labute approximate surface area is 145 Å². The molecule has 0 N–H and O–H groups in total. The summed E-state index contributed by atoms with van der Waals surface area (Å²) in [6.07, 6.45) is 3.35. The van der Waals surface area contributed by atoms with Crippen molar-refractivity contribution in [1.82, 2.24) is 9.80 Å². The summed E-state index contributed by atoms with van der Waals surface area (Å²) >= 11 is 0. The first kappa shape index (κ1) is 16.5. The topological polar surface area (TPSA) is 40.6 Å². The molecule has 2 atom stereocenters. The number of benzene rings is 1. The zero-order chi connectivity index (χ0) is 17.7. The van der Waals surface area contributed by atoms with Crippen molar-refractivity contribution in [2.24, 2.45) is 11.3 Å². The van der Waals surface area contributed by atoms with Crippen molar-refractivity contribution >= 4 is 11.8 Å². The van der Waals surface area contributed by atoms with Crippen molar-refractivity contribution in [2.75, 3.05) is 26.2 Å². The molecule has 3 aliphatic rings. The maximum atomic E-state index is 13.1. The summed E-state index contributed by atoms with van der Waals surface area (Å²) < 4.78 is 26.2. The largest absolute Gasteiger partial charge is 0.338 e. The van der Waals surface area contributed by atoms with Gasteiger partial charge in [0.15, 0.2) is 0 Å². The molecule has 1 spiro atoms. The summed E-state index contributed by atoms with van der Waals surface area (Å²) in [5.74, 6) is -3.10. The molecular weight excluding hydrogens is 326 g/mol. The van der Waals surface area contributed by atoms with E-state index >= 15 is 0 Å². The van der Waals surface area contributed by atoms with Crippen LogP contribution in [0.5, 0.6) is 0 Å². The fourth-order valence-electron chi connectivity index (χ4n) is 4.73. The van der Waals surface area contributed by atoms with E-state index in [4.69, 9.17) is 0 Å². The second kappa shape index (κ2) is 5.78. The molecule has 1 saturated carbocycles. The number of alkyl halides is 2. The quantitative estimate of drug-likeness (QED) is 0.825. The molecule has 4 nitrogen and oxygen atoms in total. The summed E-state index contributed by atoms with van der Waals surface area (Å²) in [4.78, 5) is 28.5. The smallest absolute Gasteiger partial charge is 0.282 e. The Hall–Kier alpha value is -1.98. The number of carbonyl (C=O) groups is 2. The fraction of sp³-hybridized carbons (Fsp3) is 0.579. The number of halogens is 2. The van der Waals surface area contributed by atoms with E-state index in [1.807, 2.05) is 23.1 Å². The molecule has 0 unspecified atom stereocenters. The minimum absolute atomic E-state index is 0.00828. The summed E-state index contributed by atoms with van der Waals surface area (Å²) in [7, 11) is 0. The summed E-state index contributed by atoms with van der Waals surface area (Å²) in [6, 6.07) is 9.15. The number of nitrogens with zero attached hydrogens (tertiary/aromatic N) is 2. The molecule has 3 fully saturated rings. The molecule has 0 aromatic heterocycles. The molecule has 4 rings (SSSR count). The van der Waals surface area contributed by atoms with Gasteiger partial charge >= 0.3 is 0 Å². The van der Waals surface area contributed by atoms with Crippen molar-refractivity contribution in [3.63, 3.8) is 0 Å². The Morgan fingerprint density at radius 2 is 1.72 bits per heavy atom. The highest BCUT2D eigenvalue weighted by atomic mass is 19.3. The van der Waals surface area contributed by atoms with Crippen LogP contribution in [-0.2, 0) is 4.79 Å². The average Bonchev–Trinajstić information content (AvgIpc) is 3.20. The van der Waals surface area contributed by atoms with E-state index in [-0.39, 0.29) is 23.1 Å². The molecule has 2 aliphatic heterocycles. The summed E-state index contributed by atoms with van der Waals surface area (Å²) in [6.45, 7) is 0.283. The third-order valence-electron chi connectivity index (χ3n) is 6.05. The first-order valence-corrected chi connectivity index (χ1v) is 8.91. The van der Waals surface area contributed by atoms with Crippen LogP contribution in [0.2, 0.25) is 0 Å². The lowest BCUT2D eigenvalue weighted by atomic mass is 9.76. The summed E-state index contributed by atoms with van der Waals surface area (Å²) in [5, 5.41) is 0. The molecule has 1 aliphatic carbocycles. The minimum atomic E-state index is -2.73. The standard InChI is InChI=1S/C19H22F2N2O2/c20-19(21)12-23(13-19)17(25)15-7-4-8-18(15)9-10-22(11-18)16(24)14-5-2-1-3-6-14/h1-3,5-6,15H,4,7-13H2/t15-,18-/m0/s1. The maximum absolute atomic E-state index is 13.1. The maximum Gasteiger partial charge on any atom is 0.282 e. The Balaban J connectivity index is 1.47. The first-order valence-electron chi connectivity index (χ1n) is 8.91. The van der Waals surface area contributed by atoms with Crippen LogP contribution >= 0.6 is 0 Å². The molecule has 25 heavy (non-hydrogen) atoms. The van der Waals surface area contributed by atoms with Gasteiger partial charge in [-0.1, -0.05) is 24.6 Å². The SMILES string of the molecule is O=C(c1ccccc1)N1CC[C@@]2(CCC[C@H]2C(=O)N2CC(F)(F)C2)C1. The monoisotopic (exact) mass is 348 g/mol. The van der Waals surface area contributed by atoms with Gasteiger partial charge in [0.2, 0.25) is 5.91 Å². The van der Waals surface area contributed by atoms with Crippen LogP contribution in [0.25, 0.3) is 0 Å². The molecule has 6 heteroatoms. The number of rotatable bonds is 2. The van der Waals surface area contributed by atoms with Gasteiger partial charge in [0.25, 0.3) is 11.8 Å². The third-order valence-corrected chi connectivity index (χ3v) is 6.05. The van der Waals surface area contributed by atoms with Crippen LogP contribution < -0.4 is 0 Å². The van der Waals surface area contributed by atoms with E-state index in [1.165, 1.54) is 4.90 Å². The minimum Gasteiger partial charge on any atom is -0.338 e. The van der Waals surface area contributed by atoms with E-state index in [0.717, 1.165) is 25.7 Å². The zero-order valence-corrected chi connectivity index (χ0v) is 14.1. The van der Waals surface area contributed by atoms with Crippen LogP contribution in [0.1, 0.15) is 36.0 Å². The number of carbonyl (C=O) groups excluding carboxylic acids is 2. The lowest BCUT2D eigenvalue weighted by molar-refractivity contribution is -0.172. The van der Waals surface area contributed by atoms with Gasteiger partial charge in [0.1, 0.15) is 0 Å². The van der Waals surface area contributed by atoms with Crippen molar-refractivity contribution < 1.29 is 18.4 Å². The van der Waals surface area contributed by atoms with Crippen molar-refractivity contribution in [3.8, 4) is 0 Å². The molecule has 0 bridgehead atoms. The van der Waals surface area contributed by atoms with Crippen molar-refractivity contribution in [3.05, 3.63) is 35.9 Å². The highest BCUT2D eigenvalue weighted by Crippen LogP contribution is 2.51. The second-order valence-electron chi connectivity index (χ2n) is 7.70. The number of likely N-dealkylation sites (tertiary alicyclic amines) is 2. The Kier molecular flexibility index (Phi) is 3.81. The van der Waals surface area contributed by atoms with Crippen molar-refractivity contribution in [1.29, 1.82) is 0 Å². The van der Waals surface area contributed by atoms with Crippen LogP contribution in [0.15, 0.2) is 30.3 Å². The first-order chi connectivity index (χ1) is 11.9. The van der Waals surface area contributed by atoms with Crippen LogP contribution in [0.4, 0.5) is 8.78 Å². The van der Waals surface area contributed by atoms with Gasteiger partial charge in [0, 0.05) is 30.0 Å². The average molecular weight is 348 g/mol. The highest BCUT2D eigenvalue weighted by molar-refractivity contribution is 5.94. The normalized spacial score (nSPS) is 30.6. The molecule has 2 saturated heterocycles. The molecule has 134 valence electrons. The third kappa shape index (κ3) is 2.81. The van der Waals surface area contributed by atoms with Crippen molar-refractivity contribution in [2.45, 2.75) is 31.6 Å². The van der Waals surface area contributed by atoms with Gasteiger partial charge in [0.05, 0.1) is 13.1 Å². The van der Waals surface area contributed by atoms with E-state index in [2.05, 4.69) is 0 Å². The van der Waals surface area contributed by atoms with E-state index in [1.54, 1.807) is 12.1 Å². The predicted molar refractivity (Wildman–Crippen MR) is 88.3 cm³/mol. The molecular formula is C19H22F2N2O2. The number of hydrogen-bond donors (Lipinski definition) is 0. The molecule has 1 aromatic carbocycles. The van der Waals surface area contributed by atoms with Gasteiger partial charge in [-0.2, -0.15) is 0 Å². The molecule has 2 heterocycles. The van der Waals surface area contributed by atoms with Gasteiger partial charge in [-0.15, -0.1) is 0 Å². The van der Waals surface area contributed by atoms with Gasteiger partial charge < -0.3 is 9.80 Å². The molecule has 1 aromatic rings. The van der Waals surface area contributed by atoms with Crippen LogP contribution in [-0.4, -0.2) is 53.7 Å². The lowest BCUT2D eigenvalue weighted by Gasteiger charge is -2.42. The molecule has 2 amide bonds. The van der Waals surface area contributed by atoms with Crippen LogP contribution in [0, 0.1) is 11.3 Å².